The van der Waals surface area contributed by atoms with E-state index in [0.29, 0.717) is 0 Å². The molecule has 21 heavy (non-hydrogen) atoms. The van der Waals surface area contributed by atoms with E-state index in [2.05, 4.69) is 30.1 Å². The number of aromatic nitrogens is 1. The number of pyridine rings is 1. The second kappa shape index (κ2) is 4.88. The number of aryl methyl sites for hydroxylation is 1. The van der Waals surface area contributed by atoms with Crippen molar-refractivity contribution in [2.45, 2.75) is 26.2 Å². The Hall–Kier alpha value is -2.36. The summed E-state index contributed by atoms with van der Waals surface area (Å²) in [7, 11) is 1.45. The van der Waals surface area contributed by atoms with E-state index in [-0.39, 0.29) is 17.4 Å². The highest BCUT2D eigenvalue weighted by atomic mass is 16.5. The van der Waals surface area contributed by atoms with Crippen molar-refractivity contribution in [3.8, 4) is 17.1 Å². The summed E-state index contributed by atoms with van der Waals surface area (Å²) in [6.07, 6.45) is 0.898. The number of nitrogens with zero attached hydrogens (tertiary/aromatic N) is 1. The fraction of sp³-hybridized carbons (Fsp3) is 0.294. The molecule has 4 nitrogen and oxygen atoms in total. The lowest BCUT2D eigenvalue weighted by molar-refractivity contribution is 0.0692. The number of methoxy groups -OCH3 is 1. The Morgan fingerprint density at radius 1 is 1.38 bits per heavy atom. The largest absolute Gasteiger partial charge is 0.480 e. The molecule has 1 unspecified atom stereocenters. The second-order valence-electron chi connectivity index (χ2n) is 5.55. The molecule has 0 aliphatic heterocycles. The molecule has 0 saturated heterocycles. The molecular formula is C17H17NO3. The van der Waals surface area contributed by atoms with Gasteiger partial charge in [0.15, 0.2) is 0 Å². The van der Waals surface area contributed by atoms with Gasteiger partial charge in [-0.3, -0.25) is 0 Å². The second-order valence-corrected chi connectivity index (χ2v) is 5.55. The van der Waals surface area contributed by atoms with Crippen molar-refractivity contribution < 1.29 is 14.6 Å². The zero-order valence-electron chi connectivity index (χ0n) is 12.3. The first-order valence-electron chi connectivity index (χ1n) is 6.93. The topological polar surface area (TPSA) is 59.4 Å². The molecule has 4 heteroatoms. The minimum atomic E-state index is -1.01. The summed E-state index contributed by atoms with van der Waals surface area (Å²) in [6, 6.07) is 8.04. The summed E-state index contributed by atoms with van der Waals surface area (Å²) in [5.74, 6) is -0.598. The molecule has 1 heterocycles. The molecule has 3 rings (SSSR count). The van der Waals surface area contributed by atoms with E-state index in [1.807, 2.05) is 6.92 Å². The molecule has 0 bridgehead atoms. The highest BCUT2D eigenvalue weighted by Gasteiger charge is 2.26. The molecule has 2 aromatic rings. The van der Waals surface area contributed by atoms with Gasteiger partial charge < -0.3 is 9.84 Å². The van der Waals surface area contributed by atoms with Crippen LogP contribution in [0.2, 0.25) is 0 Å². The van der Waals surface area contributed by atoms with Crippen molar-refractivity contribution in [2.24, 2.45) is 0 Å². The number of carbonyl (C=O) groups is 1. The number of carboxylic acid groups (broad SMARTS) is 1. The highest BCUT2D eigenvalue weighted by molar-refractivity contribution is 5.91. The maximum atomic E-state index is 11.4. The predicted octanol–water partition coefficient (Wildman–Crippen LogP) is 3.42. The Morgan fingerprint density at radius 2 is 2.14 bits per heavy atom. The van der Waals surface area contributed by atoms with E-state index < -0.39 is 5.97 Å². The van der Waals surface area contributed by atoms with Crippen LogP contribution in [-0.4, -0.2) is 23.2 Å². The van der Waals surface area contributed by atoms with Crippen LogP contribution in [0, 0.1) is 6.92 Å². The number of ether oxygens (including phenoxy) is 1. The number of fused-ring (bicyclic) bond motifs is 3. The third-order valence-corrected chi connectivity index (χ3v) is 4.02. The zero-order valence-corrected chi connectivity index (χ0v) is 12.3. The van der Waals surface area contributed by atoms with Gasteiger partial charge in [0.25, 0.3) is 0 Å². The Morgan fingerprint density at radius 3 is 2.81 bits per heavy atom. The molecular weight excluding hydrogens is 266 g/mol. The Balaban J connectivity index is 2.29. The molecule has 1 aromatic heterocycles. The lowest BCUT2D eigenvalue weighted by atomic mass is 9.81. The summed E-state index contributed by atoms with van der Waals surface area (Å²) >= 11 is 0. The molecule has 1 aliphatic carbocycles. The predicted molar refractivity (Wildman–Crippen MR) is 80.0 cm³/mol. The van der Waals surface area contributed by atoms with Crippen LogP contribution >= 0.6 is 0 Å². The van der Waals surface area contributed by atoms with Gasteiger partial charge in [0.05, 0.1) is 12.8 Å². The van der Waals surface area contributed by atoms with Crippen LogP contribution in [0.1, 0.15) is 39.9 Å². The molecule has 108 valence electrons. The summed E-state index contributed by atoms with van der Waals surface area (Å²) < 4.78 is 5.16. The van der Waals surface area contributed by atoms with Gasteiger partial charge >= 0.3 is 5.97 Å². The van der Waals surface area contributed by atoms with Crippen LogP contribution in [0.4, 0.5) is 0 Å². The molecule has 0 fully saturated rings. The molecule has 0 amide bonds. The van der Waals surface area contributed by atoms with E-state index in [1.165, 1.54) is 12.7 Å². The third-order valence-electron chi connectivity index (χ3n) is 4.02. The number of carboxylic acids is 1. The van der Waals surface area contributed by atoms with Gasteiger partial charge in [-0.05, 0) is 42.5 Å². The van der Waals surface area contributed by atoms with Gasteiger partial charge in [-0.1, -0.05) is 24.6 Å². The number of benzene rings is 1. The summed E-state index contributed by atoms with van der Waals surface area (Å²) in [4.78, 5) is 15.8. The van der Waals surface area contributed by atoms with Crippen LogP contribution in [0.15, 0.2) is 24.3 Å². The van der Waals surface area contributed by atoms with Gasteiger partial charge in [-0.15, -0.1) is 0 Å². The quantitative estimate of drug-likeness (QED) is 0.917. The SMILES string of the molecule is COc1nc2c(cc1C(=O)O)C(C)Cc1ccc(C)cc1-2. The first-order valence-corrected chi connectivity index (χ1v) is 6.93. The Kier molecular flexibility index (Phi) is 3.16. The van der Waals surface area contributed by atoms with Crippen LogP contribution in [0.5, 0.6) is 5.88 Å². The maximum absolute atomic E-state index is 11.4. The first-order chi connectivity index (χ1) is 10.0. The number of hydrogen-bond acceptors (Lipinski definition) is 3. The summed E-state index contributed by atoms with van der Waals surface area (Å²) in [5.41, 5.74) is 5.44. The smallest absolute Gasteiger partial charge is 0.341 e. The number of rotatable bonds is 2. The number of hydrogen-bond donors (Lipinski definition) is 1. The molecule has 1 atom stereocenters. The van der Waals surface area contributed by atoms with Crippen molar-refractivity contribution in [3.05, 3.63) is 46.5 Å². The van der Waals surface area contributed by atoms with Gasteiger partial charge in [-0.2, -0.15) is 0 Å². The fourth-order valence-corrected chi connectivity index (χ4v) is 2.94. The standard InChI is InChI=1S/C17H17NO3/c1-9-4-5-11-7-10(2)12-8-14(17(19)20)16(21-3)18-15(12)13(11)6-9/h4-6,8,10H,7H2,1-3H3,(H,19,20). The van der Waals surface area contributed by atoms with Crippen molar-refractivity contribution in [2.75, 3.05) is 7.11 Å². The average molecular weight is 283 g/mol. The van der Waals surface area contributed by atoms with Crippen LogP contribution in [0.3, 0.4) is 0 Å². The minimum Gasteiger partial charge on any atom is -0.480 e. The normalized spacial score (nSPS) is 16.0. The number of aromatic carboxylic acids is 1. The maximum Gasteiger partial charge on any atom is 0.341 e. The zero-order chi connectivity index (χ0) is 15.1. The van der Waals surface area contributed by atoms with E-state index in [9.17, 15) is 9.90 Å². The average Bonchev–Trinajstić information content (AvgIpc) is 2.47. The van der Waals surface area contributed by atoms with Crippen molar-refractivity contribution >= 4 is 5.97 Å². The first kappa shape index (κ1) is 13.6. The Bertz CT molecular complexity index is 737. The van der Waals surface area contributed by atoms with E-state index in [0.717, 1.165) is 28.8 Å². The van der Waals surface area contributed by atoms with Crippen LogP contribution < -0.4 is 4.74 Å². The third kappa shape index (κ3) is 2.17. The molecule has 0 spiro atoms. The van der Waals surface area contributed by atoms with Gasteiger partial charge in [-0.25, -0.2) is 9.78 Å². The molecule has 1 N–H and O–H groups in total. The lowest BCUT2D eigenvalue weighted by Crippen LogP contribution is -2.13. The van der Waals surface area contributed by atoms with E-state index in [1.54, 1.807) is 6.07 Å². The molecule has 0 saturated carbocycles. The summed E-state index contributed by atoms with van der Waals surface area (Å²) in [6.45, 7) is 4.14. The minimum absolute atomic E-state index is 0.124. The van der Waals surface area contributed by atoms with E-state index in [4.69, 9.17) is 4.74 Å². The monoisotopic (exact) mass is 283 g/mol. The van der Waals surface area contributed by atoms with Crippen LogP contribution in [-0.2, 0) is 6.42 Å². The molecule has 1 aliphatic rings. The van der Waals surface area contributed by atoms with Crippen LogP contribution in [0.25, 0.3) is 11.3 Å². The summed E-state index contributed by atoms with van der Waals surface area (Å²) in [5, 5.41) is 9.30. The fourth-order valence-electron chi connectivity index (χ4n) is 2.94. The molecule has 0 radical (unpaired) electrons. The lowest BCUT2D eigenvalue weighted by Gasteiger charge is -2.25. The van der Waals surface area contributed by atoms with Gasteiger partial charge in [0.2, 0.25) is 5.88 Å². The van der Waals surface area contributed by atoms with Crippen molar-refractivity contribution in [3.63, 3.8) is 0 Å². The van der Waals surface area contributed by atoms with Crippen molar-refractivity contribution in [1.82, 2.24) is 4.98 Å². The van der Waals surface area contributed by atoms with Gasteiger partial charge in [0, 0.05) is 5.56 Å². The van der Waals surface area contributed by atoms with E-state index >= 15 is 0 Å². The van der Waals surface area contributed by atoms with Gasteiger partial charge in [0.1, 0.15) is 5.56 Å². The Labute approximate surface area is 123 Å². The van der Waals surface area contributed by atoms with Crippen molar-refractivity contribution in [1.29, 1.82) is 0 Å². The highest BCUT2D eigenvalue weighted by Crippen LogP contribution is 2.40. The molecule has 1 aromatic carbocycles.